The number of hydrogen-bond acceptors (Lipinski definition) is 6. The van der Waals surface area contributed by atoms with Crippen molar-refractivity contribution < 1.29 is 18.0 Å². The summed E-state index contributed by atoms with van der Waals surface area (Å²) in [5.41, 5.74) is 1.26. The Kier molecular flexibility index (Phi) is 7.01. The molecule has 2 N–H and O–H groups in total. The molecule has 0 bridgehead atoms. The molecule has 2 heterocycles. The molecule has 0 radical (unpaired) electrons. The van der Waals surface area contributed by atoms with Crippen LogP contribution in [0.4, 0.5) is 5.69 Å². The number of aromatic nitrogens is 3. The monoisotopic (exact) mass is 456 g/mol. The number of amides is 2. The Hall–Kier alpha value is -3.57. The number of carbonyl (C=O) groups is 2. The van der Waals surface area contributed by atoms with Gasteiger partial charge in [0.1, 0.15) is 11.6 Å². The fraction of sp³-hybridized carbons (Fsp3) is 0.238. The van der Waals surface area contributed by atoms with Crippen LogP contribution in [0.5, 0.6) is 0 Å². The summed E-state index contributed by atoms with van der Waals surface area (Å²) in [6.07, 6.45) is 5.14. The summed E-state index contributed by atoms with van der Waals surface area (Å²) >= 11 is 0. The van der Waals surface area contributed by atoms with E-state index < -0.39 is 15.9 Å². The van der Waals surface area contributed by atoms with Gasteiger partial charge in [-0.25, -0.2) is 18.4 Å². The molecule has 0 spiro atoms. The minimum atomic E-state index is -3.86. The van der Waals surface area contributed by atoms with Crippen molar-refractivity contribution in [1.29, 1.82) is 0 Å². The van der Waals surface area contributed by atoms with Crippen LogP contribution < -0.4 is 10.6 Å². The molecule has 0 unspecified atom stereocenters. The lowest BCUT2D eigenvalue weighted by Crippen LogP contribution is -2.38. The minimum absolute atomic E-state index is 0.0245. The topological polar surface area (TPSA) is 126 Å². The zero-order valence-electron chi connectivity index (χ0n) is 17.9. The van der Waals surface area contributed by atoms with Crippen molar-refractivity contribution in [3.63, 3.8) is 0 Å². The highest BCUT2D eigenvalue weighted by Crippen LogP contribution is 2.17. The number of anilines is 1. The standard InChI is InChI=1S/C21H24N6O4S/c1-15-22-10-11-27(15)20-9-4-17(12-23-20)13-24-21(29)14-26(3)32(30,31)19-7-5-18(6-8-19)25-16(2)28/h4-12H,13-14H2,1-3H3,(H,24,29)(H,25,28). The van der Waals surface area contributed by atoms with Crippen LogP contribution in [-0.2, 0) is 26.2 Å². The third-order valence-electron chi connectivity index (χ3n) is 4.62. The molecular weight excluding hydrogens is 432 g/mol. The number of rotatable bonds is 8. The van der Waals surface area contributed by atoms with Crippen molar-refractivity contribution in [3.05, 3.63) is 66.4 Å². The van der Waals surface area contributed by atoms with Crippen LogP contribution in [0, 0.1) is 6.92 Å². The van der Waals surface area contributed by atoms with Gasteiger partial charge in [-0.15, -0.1) is 0 Å². The quantitative estimate of drug-likeness (QED) is 0.529. The largest absolute Gasteiger partial charge is 0.351 e. The molecule has 2 aromatic heterocycles. The van der Waals surface area contributed by atoms with Crippen LogP contribution in [0.2, 0.25) is 0 Å². The molecule has 0 saturated heterocycles. The maximum Gasteiger partial charge on any atom is 0.243 e. The molecule has 10 nitrogen and oxygen atoms in total. The molecule has 1 aromatic carbocycles. The molecule has 0 fully saturated rings. The Bertz CT molecular complexity index is 1200. The smallest absolute Gasteiger partial charge is 0.243 e. The molecule has 32 heavy (non-hydrogen) atoms. The van der Waals surface area contributed by atoms with Crippen molar-refractivity contribution in [3.8, 4) is 5.82 Å². The van der Waals surface area contributed by atoms with Gasteiger partial charge in [0.2, 0.25) is 21.8 Å². The number of nitrogens with one attached hydrogen (secondary N) is 2. The molecule has 0 aliphatic rings. The average molecular weight is 457 g/mol. The number of likely N-dealkylation sites (N-methyl/N-ethyl adjacent to an activating group) is 1. The summed E-state index contributed by atoms with van der Waals surface area (Å²) in [7, 11) is -2.52. The van der Waals surface area contributed by atoms with E-state index in [4.69, 9.17) is 0 Å². The van der Waals surface area contributed by atoms with Gasteiger partial charge in [-0.3, -0.25) is 14.2 Å². The van der Waals surface area contributed by atoms with E-state index in [2.05, 4.69) is 20.6 Å². The van der Waals surface area contributed by atoms with E-state index in [1.807, 2.05) is 29.8 Å². The maximum absolute atomic E-state index is 12.7. The van der Waals surface area contributed by atoms with Gasteiger partial charge in [0.15, 0.2) is 0 Å². The Balaban J connectivity index is 1.56. The van der Waals surface area contributed by atoms with Gasteiger partial charge >= 0.3 is 0 Å². The fourth-order valence-corrected chi connectivity index (χ4v) is 4.05. The van der Waals surface area contributed by atoms with E-state index in [0.29, 0.717) is 11.5 Å². The van der Waals surface area contributed by atoms with Crippen LogP contribution in [0.1, 0.15) is 18.3 Å². The van der Waals surface area contributed by atoms with Gasteiger partial charge in [-0.1, -0.05) is 6.07 Å². The second-order valence-corrected chi connectivity index (χ2v) is 9.16. The van der Waals surface area contributed by atoms with Crippen LogP contribution in [0.25, 0.3) is 5.82 Å². The summed E-state index contributed by atoms with van der Waals surface area (Å²) in [6, 6.07) is 9.39. The Morgan fingerprint density at radius 3 is 2.38 bits per heavy atom. The summed E-state index contributed by atoms with van der Waals surface area (Å²) in [5, 5.41) is 5.27. The molecule has 3 rings (SSSR count). The third-order valence-corrected chi connectivity index (χ3v) is 6.44. The number of sulfonamides is 1. The van der Waals surface area contributed by atoms with Crippen molar-refractivity contribution in [1.82, 2.24) is 24.2 Å². The lowest BCUT2D eigenvalue weighted by atomic mass is 10.3. The third kappa shape index (κ3) is 5.56. The highest BCUT2D eigenvalue weighted by molar-refractivity contribution is 7.89. The summed E-state index contributed by atoms with van der Waals surface area (Å²) in [4.78, 5) is 31.9. The van der Waals surface area contributed by atoms with Gasteiger partial charge in [0.25, 0.3) is 0 Å². The average Bonchev–Trinajstić information content (AvgIpc) is 3.18. The normalized spacial score (nSPS) is 11.4. The molecule has 0 saturated carbocycles. The van der Waals surface area contributed by atoms with E-state index in [1.54, 1.807) is 12.4 Å². The van der Waals surface area contributed by atoms with Gasteiger partial charge in [-0.05, 0) is 42.8 Å². The number of aryl methyl sites for hydroxylation is 1. The number of hydrogen-bond donors (Lipinski definition) is 2. The van der Waals surface area contributed by atoms with E-state index in [9.17, 15) is 18.0 Å². The Morgan fingerprint density at radius 1 is 1.09 bits per heavy atom. The van der Waals surface area contributed by atoms with Gasteiger partial charge in [0.05, 0.1) is 11.4 Å². The van der Waals surface area contributed by atoms with E-state index in [-0.39, 0.29) is 23.9 Å². The van der Waals surface area contributed by atoms with Crippen molar-refractivity contribution in [2.24, 2.45) is 0 Å². The number of imidazole rings is 1. The van der Waals surface area contributed by atoms with Crippen LogP contribution in [0.3, 0.4) is 0 Å². The van der Waals surface area contributed by atoms with Crippen LogP contribution in [-0.4, -0.2) is 52.7 Å². The Morgan fingerprint density at radius 2 is 1.81 bits per heavy atom. The molecule has 0 aliphatic carbocycles. The van der Waals surface area contributed by atoms with Crippen LogP contribution in [0.15, 0.2) is 59.9 Å². The van der Waals surface area contributed by atoms with Crippen molar-refractivity contribution >= 4 is 27.5 Å². The number of pyridine rings is 1. The summed E-state index contributed by atoms with van der Waals surface area (Å²) in [5.74, 6) is 0.828. The number of carbonyl (C=O) groups excluding carboxylic acids is 2. The molecular formula is C21H24N6O4S. The van der Waals surface area contributed by atoms with Crippen LogP contribution >= 0.6 is 0 Å². The second kappa shape index (κ2) is 9.71. The molecule has 0 atom stereocenters. The zero-order chi connectivity index (χ0) is 23.3. The number of benzene rings is 1. The molecule has 0 aliphatic heterocycles. The summed E-state index contributed by atoms with van der Waals surface area (Å²) in [6.45, 7) is 3.11. The lowest BCUT2D eigenvalue weighted by molar-refractivity contribution is -0.121. The molecule has 3 aromatic rings. The zero-order valence-corrected chi connectivity index (χ0v) is 18.8. The summed E-state index contributed by atoms with van der Waals surface area (Å²) < 4.78 is 28.2. The first-order valence-corrected chi connectivity index (χ1v) is 11.2. The number of nitrogens with zero attached hydrogens (tertiary/aromatic N) is 4. The predicted octanol–water partition coefficient (Wildman–Crippen LogP) is 1.47. The van der Waals surface area contributed by atoms with E-state index in [0.717, 1.165) is 15.7 Å². The van der Waals surface area contributed by atoms with Gasteiger partial charge in [-0.2, -0.15) is 4.31 Å². The second-order valence-electron chi connectivity index (χ2n) is 7.11. The van der Waals surface area contributed by atoms with E-state index >= 15 is 0 Å². The highest BCUT2D eigenvalue weighted by Gasteiger charge is 2.23. The predicted molar refractivity (Wildman–Crippen MR) is 119 cm³/mol. The van der Waals surface area contributed by atoms with Gasteiger partial charge < -0.3 is 10.6 Å². The highest BCUT2D eigenvalue weighted by atomic mass is 32.2. The van der Waals surface area contributed by atoms with Crippen molar-refractivity contribution in [2.45, 2.75) is 25.3 Å². The maximum atomic E-state index is 12.7. The first-order valence-electron chi connectivity index (χ1n) is 9.73. The minimum Gasteiger partial charge on any atom is -0.351 e. The Labute approximate surface area is 186 Å². The molecule has 2 amide bonds. The first-order chi connectivity index (χ1) is 15.2. The van der Waals surface area contributed by atoms with Crippen molar-refractivity contribution in [2.75, 3.05) is 18.9 Å². The first kappa shape index (κ1) is 23.1. The fourth-order valence-electron chi connectivity index (χ4n) is 2.92. The van der Waals surface area contributed by atoms with E-state index in [1.165, 1.54) is 38.2 Å². The molecule has 168 valence electrons. The lowest BCUT2D eigenvalue weighted by Gasteiger charge is -2.17. The van der Waals surface area contributed by atoms with Gasteiger partial charge in [0, 0.05) is 44.8 Å². The molecule has 11 heteroatoms. The SMILES string of the molecule is CC(=O)Nc1ccc(S(=O)(=O)N(C)CC(=O)NCc2ccc(-n3ccnc3C)nc2)cc1.